The van der Waals surface area contributed by atoms with Crippen molar-refractivity contribution in [3.05, 3.63) is 54.1 Å². The molecule has 0 radical (unpaired) electrons. The van der Waals surface area contributed by atoms with Gasteiger partial charge in [-0.2, -0.15) is 5.10 Å². The van der Waals surface area contributed by atoms with Crippen LogP contribution in [0.15, 0.2) is 58.8 Å². The number of thioether (sulfide) groups is 1. The lowest BCUT2D eigenvalue weighted by molar-refractivity contribution is -0.118. The summed E-state index contributed by atoms with van der Waals surface area (Å²) in [6, 6.07) is 14.9. The Morgan fingerprint density at radius 1 is 1.12 bits per heavy atom. The molecule has 0 aliphatic carbocycles. The zero-order valence-corrected chi connectivity index (χ0v) is 19.2. The molecule has 3 aromatic rings. The summed E-state index contributed by atoms with van der Waals surface area (Å²) in [5.74, 6) is 0.0355. The second-order valence-electron chi connectivity index (χ2n) is 7.29. The standard InChI is InChI=1S/C24H28N4O3S/c1-3-4-5-10-15-31-22-14-9-6-11-18(22)21(29)16-25-27-23(30)17-32-24-26-19-12-7-8-13-20(19)28(24)2/h6-9,11-14,16H,3-5,10,15,17H2,1-2H3,(H,27,30)/b25-16-. The Balaban J connectivity index is 1.49. The molecule has 3 rings (SSSR count). The summed E-state index contributed by atoms with van der Waals surface area (Å²) in [7, 11) is 1.91. The third-order valence-corrected chi connectivity index (χ3v) is 5.89. The SMILES string of the molecule is CCCCCCOc1ccccc1C(=O)/C=N\NC(=O)CSc1nc2ccccc2n1C. The van der Waals surface area contributed by atoms with Crippen LogP contribution in [0.25, 0.3) is 11.0 Å². The monoisotopic (exact) mass is 452 g/mol. The maximum atomic E-state index is 12.5. The maximum Gasteiger partial charge on any atom is 0.250 e. The summed E-state index contributed by atoms with van der Waals surface area (Å²) < 4.78 is 7.72. The second kappa shape index (κ2) is 12.0. The first-order valence-corrected chi connectivity index (χ1v) is 11.7. The minimum atomic E-state index is -0.322. The number of carbonyl (C=O) groups excluding carboxylic acids is 2. The molecule has 2 aromatic carbocycles. The minimum absolute atomic E-state index is 0.139. The number of benzene rings is 2. The van der Waals surface area contributed by atoms with Gasteiger partial charge < -0.3 is 9.30 Å². The van der Waals surface area contributed by atoms with Gasteiger partial charge in [-0.25, -0.2) is 10.4 Å². The molecule has 0 atom stereocenters. The molecule has 168 valence electrons. The lowest BCUT2D eigenvalue weighted by Gasteiger charge is -2.09. The Bertz CT molecular complexity index is 1090. The topological polar surface area (TPSA) is 85.6 Å². The van der Waals surface area contributed by atoms with Crippen molar-refractivity contribution >= 4 is 40.7 Å². The number of fused-ring (bicyclic) bond motifs is 1. The van der Waals surface area contributed by atoms with Gasteiger partial charge in [-0.15, -0.1) is 0 Å². The number of aromatic nitrogens is 2. The lowest BCUT2D eigenvalue weighted by Crippen LogP contribution is -2.21. The number of ether oxygens (including phenoxy) is 1. The van der Waals surface area contributed by atoms with Crippen LogP contribution < -0.4 is 10.2 Å². The van der Waals surface area contributed by atoms with Crippen molar-refractivity contribution in [1.29, 1.82) is 0 Å². The fourth-order valence-corrected chi connectivity index (χ4v) is 3.93. The van der Waals surface area contributed by atoms with E-state index in [1.165, 1.54) is 18.2 Å². The number of unbranched alkanes of at least 4 members (excludes halogenated alkanes) is 3. The van der Waals surface area contributed by atoms with Gasteiger partial charge in [0.05, 0.1) is 35.2 Å². The third kappa shape index (κ3) is 6.43. The molecule has 1 heterocycles. The summed E-state index contributed by atoms with van der Waals surface area (Å²) >= 11 is 1.31. The highest BCUT2D eigenvalue weighted by Crippen LogP contribution is 2.22. The van der Waals surface area contributed by atoms with Gasteiger partial charge in [0.25, 0.3) is 5.91 Å². The van der Waals surface area contributed by atoms with Crippen LogP contribution in [0.3, 0.4) is 0 Å². The van der Waals surface area contributed by atoms with Crippen molar-refractivity contribution in [3.63, 3.8) is 0 Å². The van der Waals surface area contributed by atoms with Crippen molar-refractivity contribution in [3.8, 4) is 5.75 Å². The Morgan fingerprint density at radius 3 is 2.72 bits per heavy atom. The van der Waals surface area contributed by atoms with Crippen molar-refractivity contribution in [2.24, 2.45) is 12.1 Å². The summed E-state index contributed by atoms with van der Waals surface area (Å²) in [5.41, 5.74) is 4.72. The lowest BCUT2D eigenvalue weighted by atomic mass is 10.1. The first kappa shape index (κ1) is 23.5. The number of hydrogen-bond donors (Lipinski definition) is 1. The molecule has 8 heteroatoms. The number of Topliss-reactive ketones (excluding diaryl/α,β-unsaturated/α-hetero) is 1. The Kier molecular flexibility index (Phi) is 8.86. The van der Waals surface area contributed by atoms with Crippen molar-refractivity contribution in [2.75, 3.05) is 12.4 Å². The van der Waals surface area contributed by atoms with E-state index in [0.29, 0.717) is 17.9 Å². The summed E-state index contributed by atoms with van der Waals surface area (Å²) in [6.45, 7) is 2.73. The van der Waals surface area contributed by atoms with E-state index in [9.17, 15) is 9.59 Å². The van der Waals surface area contributed by atoms with E-state index in [4.69, 9.17) is 4.74 Å². The van der Waals surface area contributed by atoms with Gasteiger partial charge in [0, 0.05) is 7.05 Å². The van der Waals surface area contributed by atoms with Crippen LogP contribution in [0.4, 0.5) is 0 Å². The molecule has 0 saturated heterocycles. The number of para-hydroxylation sites is 3. The van der Waals surface area contributed by atoms with Gasteiger partial charge in [-0.3, -0.25) is 9.59 Å². The number of amides is 1. The molecule has 0 bridgehead atoms. The van der Waals surface area contributed by atoms with Crippen LogP contribution >= 0.6 is 11.8 Å². The Labute approximate surface area is 192 Å². The quantitative estimate of drug-likeness (QED) is 0.143. The van der Waals surface area contributed by atoms with Crippen molar-refractivity contribution in [1.82, 2.24) is 15.0 Å². The van der Waals surface area contributed by atoms with Crippen molar-refractivity contribution in [2.45, 2.75) is 37.8 Å². The fraction of sp³-hybridized carbons (Fsp3) is 0.333. The van der Waals surface area contributed by atoms with Gasteiger partial charge in [0.1, 0.15) is 5.75 Å². The number of ketones is 1. The predicted octanol–water partition coefficient (Wildman–Crippen LogP) is 4.61. The number of carbonyl (C=O) groups is 2. The third-order valence-electron chi connectivity index (χ3n) is 4.86. The van der Waals surface area contributed by atoms with Gasteiger partial charge in [0.2, 0.25) is 5.78 Å². The molecule has 7 nitrogen and oxygen atoms in total. The molecule has 1 amide bonds. The summed E-state index contributed by atoms with van der Waals surface area (Å²) in [6.07, 6.45) is 5.49. The molecular weight excluding hydrogens is 424 g/mol. The summed E-state index contributed by atoms with van der Waals surface area (Å²) in [4.78, 5) is 29.2. The van der Waals surface area contributed by atoms with Crippen molar-refractivity contribution < 1.29 is 14.3 Å². The number of aryl methyl sites for hydroxylation is 1. The maximum absolute atomic E-state index is 12.5. The predicted molar refractivity (Wildman–Crippen MR) is 128 cm³/mol. The largest absolute Gasteiger partial charge is 0.493 e. The van der Waals surface area contributed by atoms with Crippen LogP contribution in [0.2, 0.25) is 0 Å². The van der Waals surface area contributed by atoms with E-state index in [1.54, 1.807) is 18.2 Å². The van der Waals surface area contributed by atoms with Crippen LogP contribution in [0.1, 0.15) is 43.0 Å². The molecule has 0 spiro atoms. The van der Waals surface area contributed by atoms with E-state index in [-0.39, 0.29) is 17.4 Å². The summed E-state index contributed by atoms with van der Waals surface area (Å²) in [5, 5.41) is 4.56. The van der Waals surface area contributed by atoms with E-state index in [1.807, 2.05) is 41.9 Å². The zero-order chi connectivity index (χ0) is 22.8. The molecule has 0 aliphatic heterocycles. The van der Waals surface area contributed by atoms with Gasteiger partial charge in [0.15, 0.2) is 5.16 Å². The minimum Gasteiger partial charge on any atom is -0.493 e. The van der Waals surface area contributed by atoms with Crippen LogP contribution in [0, 0.1) is 0 Å². The number of nitrogens with zero attached hydrogens (tertiary/aromatic N) is 3. The zero-order valence-electron chi connectivity index (χ0n) is 18.4. The smallest absolute Gasteiger partial charge is 0.250 e. The molecule has 1 N–H and O–H groups in total. The van der Waals surface area contributed by atoms with Crippen LogP contribution in [-0.4, -0.2) is 39.8 Å². The van der Waals surface area contributed by atoms with E-state index in [0.717, 1.165) is 41.7 Å². The van der Waals surface area contributed by atoms with E-state index >= 15 is 0 Å². The number of hydrogen-bond acceptors (Lipinski definition) is 6. The number of imidazole rings is 1. The fourth-order valence-electron chi connectivity index (χ4n) is 3.15. The first-order chi connectivity index (χ1) is 15.6. The highest BCUT2D eigenvalue weighted by Gasteiger charge is 2.12. The molecular formula is C24H28N4O3S. The normalized spacial score (nSPS) is 11.2. The Morgan fingerprint density at radius 2 is 1.91 bits per heavy atom. The average Bonchev–Trinajstić information content (AvgIpc) is 3.13. The van der Waals surface area contributed by atoms with Crippen LogP contribution in [-0.2, 0) is 11.8 Å². The molecule has 1 aromatic heterocycles. The van der Waals surface area contributed by atoms with E-state index < -0.39 is 0 Å². The highest BCUT2D eigenvalue weighted by atomic mass is 32.2. The second-order valence-corrected chi connectivity index (χ2v) is 8.24. The van der Waals surface area contributed by atoms with E-state index in [2.05, 4.69) is 22.4 Å². The Hall–Kier alpha value is -3.13. The number of nitrogens with one attached hydrogen (secondary N) is 1. The molecule has 0 aliphatic rings. The van der Waals surface area contributed by atoms with Gasteiger partial charge >= 0.3 is 0 Å². The number of rotatable bonds is 12. The van der Waals surface area contributed by atoms with Gasteiger partial charge in [-0.05, 0) is 30.7 Å². The number of hydrazone groups is 1. The molecule has 0 saturated carbocycles. The van der Waals surface area contributed by atoms with Crippen LogP contribution in [0.5, 0.6) is 5.75 Å². The molecule has 0 fully saturated rings. The molecule has 32 heavy (non-hydrogen) atoms. The van der Waals surface area contributed by atoms with Gasteiger partial charge in [-0.1, -0.05) is 62.2 Å². The molecule has 0 unspecified atom stereocenters. The average molecular weight is 453 g/mol. The highest BCUT2D eigenvalue weighted by molar-refractivity contribution is 7.99. The first-order valence-electron chi connectivity index (χ1n) is 10.7.